The van der Waals surface area contributed by atoms with Gasteiger partial charge < -0.3 is 11.1 Å². The highest BCUT2D eigenvalue weighted by Gasteiger charge is 2.11. The molecule has 2 aromatic carbocycles. The fourth-order valence-electron chi connectivity index (χ4n) is 1.68. The number of aryl methyl sites for hydroxylation is 1. The van der Waals surface area contributed by atoms with Crippen molar-refractivity contribution >= 4 is 34.4 Å². The number of rotatable bonds is 3. The van der Waals surface area contributed by atoms with Crippen molar-refractivity contribution in [2.75, 3.05) is 11.1 Å². The average molecular weight is 278 g/mol. The zero-order valence-electron chi connectivity index (χ0n) is 10.2. The Balaban J connectivity index is 2.31. The Morgan fingerprint density at radius 2 is 2.00 bits per heavy atom. The van der Waals surface area contributed by atoms with Crippen LogP contribution in [0.4, 0.5) is 22.7 Å². The zero-order chi connectivity index (χ0) is 14.0. The summed E-state index contributed by atoms with van der Waals surface area (Å²) in [5.74, 6) is 0. The molecule has 19 heavy (non-hydrogen) atoms. The molecule has 0 aromatic heterocycles. The molecule has 0 bridgehead atoms. The first-order valence-electron chi connectivity index (χ1n) is 5.54. The fraction of sp³-hybridized carbons (Fsp3) is 0.0769. The van der Waals surface area contributed by atoms with E-state index in [2.05, 4.69) is 5.32 Å². The van der Waals surface area contributed by atoms with Crippen molar-refractivity contribution in [3.63, 3.8) is 0 Å². The molecule has 0 unspecified atom stereocenters. The molecule has 2 aromatic rings. The van der Waals surface area contributed by atoms with Crippen LogP contribution in [0.15, 0.2) is 36.4 Å². The van der Waals surface area contributed by atoms with Crippen LogP contribution in [-0.2, 0) is 0 Å². The van der Waals surface area contributed by atoms with Gasteiger partial charge in [0.15, 0.2) is 0 Å². The van der Waals surface area contributed by atoms with Gasteiger partial charge in [-0.2, -0.15) is 0 Å². The molecule has 0 radical (unpaired) electrons. The molecule has 0 saturated heterocycles. The summed E-state index contributed by atoms with van der Waals surface area (Å²) in [6.07, 6.45) is 0. The highest BCUT2D eigenvalue weighted by atomic mass is 35.5. The molecular formula is C13H12ClN3O2. The van der Waals surface area contributed by atoms with E-state index in [9.17, 15) is 10.1 Å². The standard InChI is InChI=1S/C13H12ClN3O2/c1-8-2-3-9(14)6-12(8)16-10-4-5-13(17(18)19)11(15)7-10/h2-7,16H,15H2,1H3. The molecule has 0 aliphatic heterocycles. The fourth-order valence-corrected chi connectivity index (χ4v) is 1.86. The number of benzene rings is 2. The van der Waals surface area contributed by atoms with Crippen molar-refractivity contribution in [2.45, 2.75) is 6.92 Å². The summed E-state index contributed by atoms with van der Waals surface area (Å²) in [6.45, 7) is 1.94. The van der Waals surface area contributed by atoms with Gasteiger partial charge >= 0.3 is 0 Å². The Hall–Kier alpha value is -2.27. The summed E-state index contributed by atoms with van der Waals surface area (Å²) in [4.78, 5) is 10.2. The molecule has 5 nitrogen and oxygen atoms in total. The third-order valence-corrected chi connectivity index (χ3v) is 2.94. The van der Waals surface area contributed by atoms with Gasteiger partial charge in [-0.05, 0) is 36.8 Å². The van der Waals surface area contributed by atoms with Crippen LogP contribution in [0.1, 0.15) is 5.56 Å². The third-order valence-electron chi connectivity index (χ3n) is 2.70. The number of nitro benzene ring substituents is 1. The maximum Gasteiger partial charge on any atom is 0.292 e. The Kier molecular flexibility index (Phi) is 3.57. The van der Waals surface area contributed by atoms with Gasteiger partial charge in [-0.1, -0.05) is 17.7 Å². The molecule has 0 spiro atoms. The van der Waals surface area contributed by atoms with Crippen molar-refractivity contribution in [1.82, 2.24) is 0 Å². The summed E-state index contributed by atoms with van der Waals surface area (Å²) in [7, 11) is 0. The van der Waals surface area contributed by atoms with Crippen LogP contribution in [0, 0.1) is 17.0 Å². The second-order valence-electron chi connectivity index (χ2n) is 4.11. The van der Waals surface area contributed by atoms with Crippen LogP contribution in [-0.4, -0.2) is 4.92 Å². The second kappa shape index (κ2) is 5.16. The van der Waals surface area contributed by atoms with E-state index in [-0.39, 0.29) is 11.4 Å². The topological polar surface area (TPSA) is 81.2 Å². The molecule has 0 aliphatic carbocycles. The predicted octanol–water partition coefficient (Wildman–Crippen LogP) is 3.88. The third kappa shape index (κ3) is 2.95. The van der Waals surface area contributed by atoms with Gasteiger partial charge in [0, 0.05) is 22.5 Å². The quantitative estimate of drug-likeness (QED) is 0.507. The lowest BCUT2D eigenvalue weighted by Gasteiger charge is -2.10. The van der Waals surface area contributed by atoms with Crippen molar-refractivity contribution in [2.24, 2.45) is 0 Å². The van der Waals surface area contributed by atoms with Crippen LogP contribution in [0.2, 0.25) is 5.02 Å². The lowest BCUT2D eigenvalue weighted by Crippen LogP contribution is -1.98. The van der Waals surface area contributed by atoms with Crippen molar-refractivity contribution in [1.29, 1.82) is 0 Å². The van der Waals surface area contributed by atoms with Gasteiger partial charge in [-0.15, -0.1) is 0 Å². The molecule has 0 amide bonds. The minimum absolute atomic E-state index is 0.103. The van der Waals surface area contributed by atoms with Crippen LogP contribution >= 0.6 is 11.6 Å². The summed E-state index contributed by atoms with van der Waals surface area (Å²) in [5.41, 5.74) is 8.18. The van der Waals surface area contributed by atoms with E-state index in [0.717, 1.165) is 11.3 Å². The first kappa shape index (κ1) is 13.2. The SMILES string of the molecule is Cc1ccc(Cl)cc1Nc1ccc([N+](=O)[O-])c(N)c1. The molecule has 0 saturated carbocycles. The largest absolute Gasteiger partial charge is 0.393 e. The molecule has 98 valence electrons. The Morgan fingerprint density at radius 3 is 2.63 bits per heavy atom. The van der Waals surface area contributed by atoms with E-state index in [4.69, 9.17) is 17.3 Å². The average Bonchev–Trinajstić information content (AvgIpc) is 2.33. The number of nitrogen functional groups attached to an aromatic ring is 1. The van der Waals surface area contributed by atoms with E-state index in [1.807, 2.05) is 13.0 Å². The number of nitrogens with one attached hydrogen (secondary N) is 1. The van der Waals surface area contributed by atoms with Crippen LogP contribution < -0.4 is 11.1 Å². The molecule has 6 heteroatoms. The van der Waals surface area contributed by atoms with Gasteiger partial charge in [0.2, 0.25) is 0 Å². The number of nitrogens with two attached hydrogens (primary N) is 1. The van der Waals surface area contributed by atoms with E-state index < -0.39 is 4.92 Å². The Bertz CT molecular complexity index is 644. The van der Waals surface area contributed by atoms with Crippen LogP contribution in [0.3, 0.4) is 0 Å². The number of hydrogen-bond donors (Lipinski definition) is 2. The van der Waals surface area contributed by atoms with Crippen LogP contribution in [0.25, 0.3) is 0 Å². The highest BCUT2D eigenvalue weighted by Crippen LogP contribution is 2.28. The smallest absolute Gasteiger partial charge is 0.292 e. The minimum atomic E-state index is -0.510. The van der Waals surface area contributed by atoms with Crippen molar-refractivity contribution in [3.05, 3.63) is 57.1 Å². The highest BCUT2D eigenvalue weighted by molar-refractivity contribution is 6.30. The van der Waals surface area contributed by atoms with E-state index >= 15 is 0 Å². The molecule has 0 atom stereocenters. The van der Waals surface area contributed by atoms with Crippen LogP contribution in [0.5, 0.6) is 0 Å². The van der Waals surface area contributed by atoms with Gasteiger partial charge in [0.1, 0.15) is 5.69 Å². The number of anilines is 3. The summed E-state index contributed by atoms with van der Waals surface area (Å²) in [5, 5.41) is 14.4. The monoisotopic (exact) mass is 277 g/mol. The van der Waals surface area contributed by atoms with Gasteiger partial charge in [-0.3, -0.25) is 10.1 Å². The molecule has 3 N–H and O–H groups in total. The van der Waals surface area contributed by atoms with Crippen molar-refractivity contribution < 1.29 is 4.92 Å². The summed E-state index contributed by atoms with van der Waals surface area (Å²) < 4.78 is 0. The zero-order valence-corrected chi connectivity index (χ0v) is 10.9. The predicted molar refractivity (Wildman–Crippen MR) is 77.0 cm³/mol. The summed E-state index contributed by atoms with van der Waals surface area (Å²) >= 11 is 5.93. The number of hydrogen-bond acceptors (Lipinski definition) is 4. The first-order chi connectivity index (χ1) is 8.97. The Morgan fingerprint density at radius 1 is 1.26 bits per heavy atom. The molecule has 0 aliphatic rings. The minimum Gasteiger partial charge on any atom is -0.393 e. The van der Waals surface area contributed by atoms with E-state index in [1.165, 1.54) is 12.1 Å². The maximum atomic E-state index is 10.7. The lowest BCUT2D eigenvalue weighted by atomic mass is 10.2. The van der Waals surface area contributed by atoms with Gasteiger partial charge in [0.25, 0.3) is 5.69 Å². The maximum absolute atomic E-state index is 10.7. The number of halogens is 1. The Labute approximate surface area is 115 Å². The molecule has 0 fully saturated rings. The molecule has 2 rings (SSSR count). The number of nitrogens with zero attached hydrogens (tertiary/aromatic N) is 1. The summed E-state index contributed by atoms with van der Waals surface area (Å²) in [6, 6.07) is 9.98. The van der Waals surface area contributed by atoms with Gasteiger partial charge in [-0.25, -0.2) is 0 Å². The van der Waals surface area contributed by atoms with E-state index in [1.54, 1.807) is 18.2 Å². The normalized spacial score (nSPS) is 10.2. The first-order valence-corrected chi connectivity index (χ1v) is 5.92. The lowest BCUT2D eigenvalue weighted by molar-refractivity contribution is -0.383. The second-order valence-corrected chi connectivity index (χ2v) is 4.55. The van der Waals surface area contributed by atoms with E-state index in [0.29, 0.717) is 10.7 Å². The molecule has 0 heterocycles. The van der Waals surface area contributed by atoms with Gasteiger partial charge in [0.05, 0.1) is 4.92 Å². The van der Waals surface area contributed by atoms with Crippen molar-refractivity contribution in [3.8, 4) is 0 Å². The molecular weight excluding hydrogens is 266 g/mol. The number of nitro groups is 1.